The van der Waals surface area contributed by atoms with Crippen LogP contribution in [-0.4, -0.2) is 45.7 Å². The molecule has 2 rings (SSSR count). The first-order valence-electron chi connectivity index (χ1n) is 7.05. The molecule has 0 aromatic carbocycles. The number of aromatic nitrogens is 2. The molecule has 2 heterocycles. The minimum atomic E-state index is -0.466. The molecule has 1 amide bonds. The number of nitrogens with one attached hydrogen (secondary N) is 1. The lowest BCUT2D eigenvalue weighted by Crippen LogP contribution is -2.47. The second kappa shape index (κ2) is 6.60. The number of piperidine rings is 1. The summed E-state index contributed by atoms with van der Waals surface area (Å²) < 4.78 is 6.25. The Hall–Kier alpha value is -1.37. The highest BCUT2D eigenvalue weighted by molar-refractivity contribution is 9.10. The smallest absolute Gasteiger partial charge is 0.410 e. The van der Waals surface area contributed by atoms with Gasteiger partial charge in [0.05, 0.1) is 4.47 Å². The van der Waals surface area contributed by atoms with Gasteiger partial charge in [0.25, 0.3) is 0 Å². The number of carbonyl (C=O) groups excluding carboxylic acids is 1. The summed E-state index contributed by atoms with van der Waals surface area (Å²) in [4.78, 5) is 22.2. The second-order valence-corrected chi connectivity index (χ2v) is 7.05. The van der Waals surface area contributed by atoms with Crippen LogP contribution in [0, 0.1) is 0 Å². The molecule has 1 aliphatic rings. The number of halogens is 1. The quantitative estimate of drug-likeness (QED) is 0.881. The van der Waals surface area contributed by atoms with E-state index in [4.69, 9.17) is 4.74 Å². The van der Waals surface area contributed by atoms with Gasteiger partial charge in [0.1, 0.15) is 5.60 Å². The van der Waals surface area contributed by atoms with Crippen LogP contribution < -0.4 is 5.32 Å². The van der Waals surface area contributed by atoms with Gasteiger partial charge < -0.3 is 15.0 Å². The van der Waals surface area contributed by atoms with Crippen molar-refractivity contribution in [1.82, 2.24) is 14.9 Å². The maximum Gasteiger partial charge on any atom is 0.410 e. The van der Waals surface area contributed by atoms with Crippen LogP contribution in [0.4, 0.5) is 10.7 Å². The summed E-state index contributed by atoms with van der Waals surface area (Å²) in [6, 6.07) is 0.146. The van der Waals surface area contributed by atoms with E-state index >= 15 is 0 Å². The van der Waals surface area contributed by atoms with Crippen LogP contribution in [-0.2, 0) is 4.74 Å². The summed E-state index contributed by atoms with van der Waals surface area (Å²) in [6.45, 7) is 6.96. The van der Waals surface area contributed by atoms with Gasteiger partial charge >= 0.3 is 6.09 Å². The number of hydrogen-bond acceptors (Lipinski definition) is 5. The molecule has 0 spiro atoms. The summed E-state index contributed by atoms with van der Waals surface area (Å²) in [6.07, 6.45) is 5.06. The number of amides is 1. The Morgan fingerprint density at radius 2 is 2.10 bits per heavy atom. The second-order valence-electron chi connectivity index (χ2n) is 6.13. The first-order chi connectivity index (χ1) is 9.83. The van der Waals surface area contributed by atoms with E-state index in [9.17, 15) is 4.79 Å². The van der Waals surface area contributed by atoms with E-state index in [1.807, 2.05) is 20.8 Å². The van der Waals surface area contributed by atoms with Gasteiger partial charge in [-0.3, -0.25) is 0 Å². The van der Waals surface area contributed by atoms with Crippen molar-refractivity contribution >= 4 is 28.0 Å². The number of hydrogen-bond donors (Lipinski definition) is 1. The van der Waals surface area contributed by atoms with E-state index in [-0.39, 0.29) is 12.1 Å². The SMILES string of the molecule is CC(C)(C)OC(=O)N1CCC[C@H](Nc2ncc(Br)cn2)C1. The summed E-state index contributed by atoms with van der Waals surface area (Å²) in [5, 5.41) is 3.26. The molecule has 6 nitrogen and oxygen atoms in total. The van der Waals surface area contributed by atoms with Crippen molar-refractivity contribution in [2.24, 2.45) is 0 Å². The molecule has 1 aliphatic heterocycles. The highest BCUT2D eigenvalue weighted by Gasteiger charge is 2.27. The molecule has 21 heavy (non-hydrogen) atoms. The van der Waals surface area contributed by atoms with Crippen molar-refractivity contribution < 1.29 is 9.53 Å². The van der Waals surface area contributed by atoms with Crippen molar-refractivity contribution in [2.45, 2.75) is 45.3 Å². The van der Waals surface area contributed by atoms with Gasteiger partial charge in [0, 0.05) is 31.5 Å². The molecule has 1 atom stereocenters. The Balaban J connectivity index is 1.91. The Morgan fingerprint density at radius 3 is 2.71 bits per heavy atom. The molecule has 1 aromatic heterocycles. The van der Waals surface area contributed by atoms with Gasteiger partial charge in [0.2, 0.25) is 5.95 Å². The summed E-state index contributed by atoms with van der Waals surface area (Å²) >= 11 is 3.30. The van der Waals surface area contributed by atoms with E-state index in [1.54, 1.807) is 17.3 Å². The predicted molar refractivity (Wildman–Crippen MR) is 84.2 cm³/mol. The molecule has 1 aromatic rings. The molecule has 0 radical (unpaired) electrons. The van der Waals surface area contributed by atoms with Crippen molar-refractivity contribution in [1.29, 1.82) is 0 Å². The van der Waals surface area contributed by atoms with Gasteiger partial charge in [-0.05, 0) is 49.5 Å². The Bertz CT molecular complexity index is 487. The highest BCUT2D eigenvalue weighted by atomic mass is 79.9. The molecular weight excluding hydrogens is 336 g/mol. The Morgan fingerprint density at radius 1 is 1.43 bits per heavy atom. The van der Waals surface area contributed by atoms with Gasteiger partial charge in [-0.15, -0.1) is 0 Å². The van der Waals surface area contributed by atoms with E-state index in [2.05, 4.69) is 31.2 Å². The number of carbonyl (C=O) groups is 1. The van der Waals surface area contributed by atoms with Gasteiger partial charge in [-0.2, -0.15) is 0 Å². The fourth-order valence-corrected chi connectivity index (χ4v) is 2.36. The third-order valence-corrected chi connectivity index (χ3v) is 3.44. The van der Waals surface area contributed by atoms with Crippen molar-refractivity contribution in [3.05, 3.63) is 16.9 Å². The number of rotatable bonds is 2. The predicted octanol–water partition coefficient (Wildman–Crippen LogP) is 3.05. The minimum absolute atomic E-state index is 0.146. The van der Waals surface area contributed by atoms with Gasteiger partial charge in [-0.1, -0.05) is 0 Å². The van der Waals surface area contributed by atoms with Crippen LogP contribution in [0.1, 0.15) is 33.6 Å². The first kappa shape index (κ1) is 16.0. The molecule has 0 unspecified atom stereocenters. The van der Waals surface area contributed by atoms with E-state index < -0.39 is 5.60 Å². The van der Waals surface area contributed by atoms with Crippen LogP contribution in [0.2, 0.25) is 0 Å². The van der Waals surface area contributed by atoms with E-state index in [0.717, 1.165) is 23.9 Å². The molecule has 1 saturated heterocycles. The van der Waals surface area contributed by atoms with Crippen molar-refractivity contribution in [3.63, 3.8) is 0 Å². The zero-order valence-corrected chi connectivity index (χ0v) is 14.2. The minimum Gasteiger partial charge on any atom is -0.444 e. The normalized spacial score (nSPS) is 19.2. The Labute approximate surface area is 133 Å². The fraction of sp³-hybridized carbons (Fsp3) is 0.643. The molecule has 0 bridgehead atoms. The maximum absolute atomic E-state index is 12.1. The monoisotopic (exact) mass is 356 g/mol. The maximum atomic E-state index is 12.1. The molecule has 1 fully saturated rings. The molecular formula is C14H21BrN4O2. The lowest BCUT2D eigenvalue weighted by molar-refractivity contribution is 0.0206. The number of ether oxygens (including phenoxy) is 1. The number of likely N-dealkylation sites (tertiary alicyclic amines) is 1. The number of anilines is 1. The summed E-state index contributed by atoms with van der Waals surface area (Å²) in [5.74, 6) is 0.578. The largest absolute Gasteiger partial charge is 0.444 e. The van der Waals surface area contributed by atoms with Gasteiger partial charge in [-0.25, -0.2) is 14.8 Å². The fourth-order valence-electron chi connectivity index (χ4n) is 2.16. The highest BCUT2D eigenvalue weighted by Crippen LogP contribution is 2.17. The van der Waals surface area contributed by atoms with Crippen molar-refractivity contribution in [3.8, 4) is 0 Å². The lowest BCUT2D eigenvalue weighted by Gasteiger charge is -2.34. The lowest BCUT2D eigenvalue weighted by atomic mass is 10.1. The standard InChI is InChI=1S/C14H21BrN4O2/c1-14(2,3)21-13(20)19-6-4-5-11(9-19)18-12-16-7-10(15)8-17-12/h7-8,11H,4-6,9H2,1-3H3,(H,16,17,18)/t11-/m0/s1. The molecule has 1 N–H and O–H groups in total. The topological polar surface area (TPSA) is 67.3 Å². The third kappa shape index (κ3) is 5.15. The van der Waals surface area contributed by atoms with E-state index in [1.165, 1.54) is 0 Å². The summed E-state index contributed by atoms with van der Waals surface area (Å²) in [5.41, 5.74) is -0.466. The zero-order chi connectivity index (χ0) is 15.5. The van der Waals surface area contributed by atoms with E-state index in [0.29, 0.717) is 12.5 Å². The summed E-state index contributed by atoms with van der Waals surface area (Å²) in [7, 11) is 0. The molecule has 7 heteroatoms. The number of nitrogens with zero attached hydrogens (tertiary/aromatic N) is 3. The van der Waals surface area contributed by atoms with Gasteiger partial charge in [0.15, 0.2) is 0 Å². The molecule has 116 valence electrons. The first-order valence-corrected chi connectivity index (χ1v) is 7.85. The third-order valence-electron chi connectivity index (χ3n) is 3.03. The average Bonchev–Trinajstić information content (AvgIpc) is 2.40. The van der Waals surface area contributed by atoms with Crippen LogP contribution in [0.15, 0.2) is 16.9 Å². The van der Waals surface area contributed by atoms with Crippen LogP contribution >= 0.6 is 15.9 Å². The average molecular weight is 357 g/mol. The molecule has 0 aliphatic carbocycles. The van der Waals surface area contributed by atoms with Crippen LogP contribution in [0.25, 0.3) is 0 Å². The molecule has 0 saturated carbocycles. The van der Waals surface area contributed by atoms with Crippen LogP contribution in [0.5, 0.6) is 0 Å². The van der Waals surface area contributed by atoms with Crippen molar-refractivity contribution in [2.75, 3.05) is 18.4 Å². The van der Waals surface area contributed by atoms with Crippen LogP contribution in [0.3, 0.4) is 0 Å². The zero-order valence-electron chi connectivity index (χ0n) is 12.6. The Kier molecular flexibility index (Phi) is 5.03.